The van der Waals surface area contributed by atoms with Crippen LogP contribution in [-0.4, -0.2) is 16.8 Å². The van der Waals surface area contributed by atoms with E-state index in [1.165, 1.54) is 6.20 Å². The number of rotatable bonds is 2. The molecule has 1 aliphatic rings. The summed E-state index contributed by atoms with van der Waals surface area (Å²) in [6.45, 7) is 0. The van der Waals surface area contributed by atoms with Gasteiger partial charge in [0, 0.05) is 24.1 Å². The molecule has 1 aromatic rings. The molecule has 1 aliphatic heterocycles. The fourth-order valence-electron chi connectivity index (χ4n) is 1.94. The highest BCUT2D eigenvalue weighted by Gasteiger charge is 2.31. The molecule has 0 aromatic carbocycles. The van der Waals surface area contributed by atoms with Crippen LogP contribution in [0.2, 0.25) is 0 Å². The number of pyridine rings is 1. The third kappa shape index (κ3) is 2.29. The molecule has 1 N–H and O–H groups in total. The number of halogens is 2. The zero-order chi connectivity index (χ0) is 12.4. The summed E-state index contributed by atoms with van der Waals surface area (Å²) in [6.07, 6.45) is 1.80. The number of nitrogens with one attached hydrogen (secondary N) is 1. The number of aromatic nitrogens is 1. The van der Waals surface area contributed by atoms with E-state index in [-0.39, 0.29) is 30.2 Å². The quantitative estimate of drug-likeness (QED) is 0.495. The van der Waals surface area contributed by atoms with Crippen molar-refractivity contribution in [2.45, 2.75) is 24.6 Å². The van der Waals surface area contributed by atoms with E-state index in [1.54, 1.807) is 6.07 Å². The van der Waals surface area contributed by atoms with Crippen LogP contribution in [0.5, 0.6) is 0 Å². The monoisotopic (exact) mass is 256 g/mol. The third-order valence-corrected chi connectivity index (χ3v) is 3.05. The van der Waals surface area contributed by atoms with Gasteiger partial charge in [0.15, 0.2) is 0 Å². The van der Waals surface area contributed by atoms with Gasteiger partial charge in [-0.2, -0.15) is 4.39 Å². The molecule has 90 valence electrons. The first-order valence-electron chi connectivity index (χ1n) is 5.16. The van der Waals surface area contributed by atoms with Crippen molar-refractivity contribution in [1.82, 2.24) is 10.3 Å². The van der Waals surface area contributed by atoms with Gasteiger partial charge in [-0.1, -0.05) is 0 Å². The lowest BCUT2D eigenvalue weighted by Gasteiger charge is -2.22. The van der Waals surface area contributed by atoms with Crippen LogP contribution in [0.1, 0.15) is 29.9 Å². The molecule has 0 spiro atoms. The van der Waals surface area contributed by atoms with Gasteiger partial charge < -0.3 is 0 Å². The number of carbonyl (C=O) groups excluding carboxylic acids is 2. The molecule has 1 atom stereocenters. The van der Waals surface area contributed by atoms with Crippen molar-refractivity contribution < 1.29 is 14.0 Å². The predicted octanol–water partition coefficient (Wildman–Crippen LogP) is 1.48. The molecule has 1 saturated heterocycles. The summed E-state index contributed by atoms with van der Waals surface area (Å²) in [4.78, 5) is 26.2. The Bertz CT molecular complexity index is 479. The van der Waals surface area contributed by atoms with E-state index in [1.807, 2.05) is 0 Å². The summed E-state index contributed by atoms with van der Waals surface area (Å²) in [7, 11) is 0. The van der Waals surface area contributed by atoms with Gasteiger partial charge in [-0.05, 0) is 18.1 Å². The highest BCUT2D eigenvalue weighted by atomic mass is 35.5. The van der Waals surface area contributed by atoms with Crippen LogP contribution < -0.4 is 5.32 Å². The number of piperidine rings is 1. The second-order valence-corrected chi connectivity index (χ2v) is 4.08. The van der Waals surface area contributed by atoms with Gasteiger partial charge in [-0.15, -0.1) is 11.6 Å². The van der Waals surface area contributed by atoms with Crippen molar-refractivity contribution in [1.29, 1.82) is 0 Å². The Kier molecular flexibility index (Phi) is 3.38. The maximum absolute atomic E-state index is 13.7. The highest BCUT2D eigenvalue weighted by Crippen LogP contribution is 2.29. The maximum atomic E-state index is 13.7. The van der Waals surface area contributed by atoms with Gasteiger partial charge in [0.2, 0.25) is 17.8 Å². The van der Waals surface area contributed by atoms with Crippen molar-refractivity contribution in [3.8, 4) is 0 Å². The average Bonchev–Trinajstić information content (AvgIpc) is 2.30. The molecule has 0 aliphatic carbocycles. The molecular formula is C11H10ClFN2O2. The third-order valence-electron chi connectivity index (χ3n) is 2.76. The van der Waals surface area contributed by atoms with Crippen molar-refractivity contribution in [3.05, 3.63) is 29.3 Å². The van der Waals surface area contributed by atoms with Crippen LogP contribution in [0.3, 0.4) is 0 Å². The zero-order valence-corrected chi connectivity index (χ0v) is 9.63. The average molecular weight is 257 g/mol. The Labute approximate surface area is 102 Å². The number of hydrogen-bond acceptors (Lipinski definition) is 3. The summed E-state index contributed by atoms with van der Waals surface area (Å²) in [5.41, 5.74) is 0.737. The zero-order valence-electron chi connectivity index (χ0n) is 8.87. The lowest BCUT2D eigenvalue weighted by atomic mass is 9.89. The molecule has 1 aromatic heterocycles. The Morgan fingerprint density at radius 3 is 2.94 bits per heavy atom. The molecule has 6 heteroatoms. The molecule has 1 fully saturated rings. The van der Waals surface area contributed by atoms with Crippen LogP contribution in [0, 0.1) is 5.95 Å². The number of amides is 2. The topological polar surface area (TPSA) is 59.1 Å². The Hall–Kier alpha value is -1.49. The van der Waals surface area contributed by atoms with Crippen molar-refractivity contribution in [3.63, 3.8) is 0 Å². The van der Waals surface area contributed by atoms with Crippen LogP contribution in [0.25, 0.3) is 0 Å². The molecule has 0 bridgehead atoms. The fraction of sp³-hybridized carbons (Fsp3) is 0.364. The Morgan fingerprint density at radius 1 is 1.53 bits per heavy atom. The highest BCUT2D eigenvalue weighted by molar-refractivity contribution is 6.17. The van der Waals surface area contributed by atoms with E-state index in [9.17, 15) is 14.0 Å². The van der Waals surface area contributed by atoms with E-state index in [2.05, 4.69) is 10.3 Å². The van der Waals surface area contributed by atoms with Gasteiger partial charge in [0.05, 0.1) is 5.92 Å². The molecule has 2 rings (SSSR count). The van der Waals surface area contributed by atoms with E-state index >= 15 is 0 Å². The second kappa shape index (κ2) is 4.79. The minimum absolute atomic E-state index is 0.104. The standard InChI is InChI=1S/C11H10ClFN2O2/c12-5-6-3-4-14-10(13)9(6)7-1-2-8(16)15-11(7)17/h3-4,7H,1-2,5H2,(H,15,16,17). The van der Waals surface area contributed by atoms with Crippen LogP contribution in [0.15, 0.2) is 12.3 Å². The largest absolute Gasteiger partial charge is 0.296 e. The van der Waals surface area contributed by atoms with E-state index in [4.69, 9.17) is 11.6 Å². The maximum Gasteiger partial charge on any atom is 0.234 e. The Balaban J connectivity index is 2.39. The molecule has 2 amide bonds. The lowest BCUT2D eigenvalue weighted by Crippen LogP contribution is -2.40. The summed E-state index contributed by atoms with van der Waals surface area (Å²) in [5, 5.41) is 2.19. The van der Waals surface area contributed by atoms with Crippen molar-refractivity contribution >= 4 is 23.4 Å². The number of carbonyl (C=O) groups is 2. The molecular weight excluding hydrogens is 247 g/mol. The van der Waals surface area contributed by atoms with Gasteiger partial charge in [0.1, 0.15) is 0 Å². The SMILES string of the molecule is O=C1CCC(c2c(CCl)ccnc2F)C(=O)N1. The molecule has 0 radical (unpaired) electrons. The number of hydrogen-bond donors (Lipinski definition) is 1. The van der Waals surface area contributed by atoms with Gasteiger partial charge >= 0.3 is 0 Å². The minimum Gasteiger partial charge on any atom is -0.296 e. The van der Waals surface area contributed by atoms with Gasteiger partial charge in [0.25, 0.3) is 0 Å². The summed E-state index contributed by atoms with van der Waals surface area (Å²) >= 11 is 5.71. The number of alkyl halides is 1. The second-order valence-electron chi connectivity index (χ2n) is 3.81. The first kappa shape index (κ1) is 12.0. The lowest BCUT2D eigenvalue weighted by molar-refractivity contribution is -0.134. The number of nitrogens with zero attached hydrogens (tertiary/aromatic N) is 1. The minimum atomic E-state index is -0.697. The van der Waals surface area contributed by atoms with Gasteiger partial charge in [-0.3, -0.25) is 14.9 Å². The Morgan fingerprint density at radius 2 is 2.29 bits per heavy atom. The van der Waals surface area contributed by atoms with E-state index < -0.39 is 17.8 Å². The first-order chi connectivity index (χ1) is 8.13. The number of imide groups is 1. The first-order valence-corrected chi connectivity index (χ1v) is 5.70. The molecule has 2 heterocycles. The smallest absolute Gasteiger partial charge is 0.234 e. The summed E-state index contributed by atoms with van der Waals surface area (Å²) in [6, 6.07) is 1.58. The van der Waals surface area contributed by atoms with Gasteiger partial charge in [-0.25, -0.2) is 4.98 Å². The molecule has 0 saturated carbocycles. The summed E-state index contributed by atoms with van der Waals surface area (Å²) < 4.78 is 13.7. The predicted molar refractivity (Wildman–Crippen MR) is 58.9 cm³/mol. The normalized spacial score (nSPS) is 20.2. The van der Waals surface area contributed by atoms with E-state index in [0.717, 1.165) is 0 Å². The van der Waals surface area contributed by atoms with Crippen LogP contribution in [0.4, 0.5) is 4.39 Å². The van der Waals surface area contributed by atoms with Crippen LogP contribution >= 0.6 is 11.6 Å². The van der Waals surface area contributed by atoms with Crippen molar-refractivity contribution in [2.24, 2.45) is 0 Å². The van der Waals surface area contributed by atoms with E-state index in [0.29, 0.717) is 5.56 Å². The van der Waals surface area contributed by atoms with Crippen molar-refractivity contribution in [2.75, 3.05) is 0 Å². The molecule has 17 heavy (non-hydrogen) atoms. The molecule has 1 unspecified atom stereocenters. The molecule has 4 nitrogen and oxygen atoms in total. The fourth-order valence-corrected chi connectivity index (χ4v) is 2.17. The summed E-state index contributed by atoms with van der Waals surface area (Å²) in [5.74, 6) is -2.10. The van der Waals surface area contributed by atoms with Crippen LogP contribution in [-0.2, 0) is 15.5 Å².